The van der Waals surface area contributed by atoms with Crippen molar-refractivity contribution in [2.45, 2.75) is 32.9 Å². The third-order valence-corrected chi connectivity index (χ3v) is 4.43. The molecule has 0 saturated heterocycles. The summed E-state index contributed by atoms with van der Waals surface area (Å²) in [6.07, 6.45) is 1.38. The monoisotopic (exact) mass is 416 g/mol. The van der Waals surface area contributed by atoms with Gasteiger partial charge in [-0.3, -0.25) is 0 Å². The van der Waals surface area contributed by atoms with Crippen LogP contribution in [0.5, 0.6) is 0 Å². The lowest BCUT2D eigenvalue weighted by atomic mass is 10.1. The second-order valence-corrected chi connectivity index (χ2v) is 8.40. The molecule has 112 valence electrons. The quantitative estimate of drug-likeness (QED) is 0.682. The number of halogens is 1. The van der Waals surface area contributed by atoms with Crippen LogP contribution in [-0.4, -0.2) is 16.6 Å². The van der Waals surface area contributed by atoms with Crippen molar-refractivity contribution in [3.63, 3.8) is 0 Å². The minimum absolute atomic E-state index is 0.259. The number of benzene rings is 1. The molecule has 0 atom stereocenters. The Hall–Kier alpha value is -1.15. The summed E-state index contributed by atoms with van der Waals surface area (Å²) in [5.41, 5.74) is 0.572. The molecule has 21 heavy (non-hydrogen) atoms. The van der Waals surface area contributed by atoms with Crippen molar-refractivity contribution in [2.75, 3.05) is 4.90 Å². The van der Waals surface area contributed by atoms with Crippen molar-refractivity contribution in [1.29, 1.82) is 0 Å². The van der Waals surface area contributed by atoms with E-state index in [1.165, 1.54) is 11.3 Å². The van der Waals surface area contributed by atoms with E-state index in [4.69, 9.17) is 4.74 Å². The first-order valence-corrected chi connectivity index (χ1v) is 8.39. The van der Waals surface area contributed by atoms with Gasteiger partial charge in [0.25, 0.3) is 0 Å². The molecule has 0 spiro atoms. The van der Waals surface area contributed by atoms with Gasteiger partial charge in [0, 0.05) is 5.54 Å². The molecule has 0 N–H and O–H groups in total. The zero-order chi connectivity index (χ0) is 15.5. The molecule has 0 bridgehead atoms. The first-order chi connectivity index (χ1) is 9.88. The molecular weight excluding hydrogens is 399 g/mol. The van der Waals surface area contributed by atoms with E-state index in [9.17, 15) is 4.79 Å². The van der Waals surface area contributed by atoms with Crippen LogP contribution in [0, 0.1) is 2.88 Å². The summed E-state index contributed by atoms with van der Waals surface area (Å²) >= 11 is 3.67. The molecule has 0 aliphatic heterocycles. The number of aromatic nitrogens is 1. The number of thiazole rings is 1. The normalized spacial score (nSPS) is 11.2. The van der Waals surface area contributed by atoms with Crippen LogP contribution >= 0.6 is 33.9 Å². The molecule has 2 rings (SSSR count). The highest BCUT2D eigenvalue weighted by molar-refractivity contribution is 14.1. The highest BCUT2D eigenvalue weighted by atomic mass is 127. The van der Waals surface area contributed by atoms with Crippen LogP contribution in [0.2, 0.25) is 0 Å². The summed E-state index contributed by atoms with van der Waals surface area (Å²) in [7, 11) is 0. The fraction of sp³-hybridized carbons (Fsp3) is 0.333. The van der Waals surface area contributed by atoms with Gasteiger partial charge in [-0.15, -0.1) is 0 Å². The van der Waals surface area contributed by atoms with Gasteiger partial charge in [0.15, 0.2) is 5.13 Å². The van der Waals surface area contributed by atoms with Gasteiger partial charge in [-0.1, -0.05) is 41.7 Å². The Kier molecular flexibility index (Phi) is 5.21. The van der Waals surface area contributed by atoms with Crippen LogP contribution in [0.1, 0.15) is 26.3 Å². The number of hydrogen-bond acceptors (Lipinski definition) is 4. The first kappa shape index (κ1) is 16.2. The predicted octanol–water partition coefficient (Wildman–Crippen LogP) is 4.69. The van der Waals surface area contributed by atoms with Crippen molar-refractivity contribution >= 4 is 45.2 Å². The smallest absolute Gasteiger partial charge is 0.416 e. The van der Waals surface area contributed by atoms with Gasteiger partial charge in [0.05, 0.1) is 9.08 Å². The van der Waals surface area contributed by atoms with Crippen LogP contribution in [0.3, 0.4) is 0 Å². The molecule has 1 amide bonds. The Morgan fingerprint density at radius 3 is 2.52 bits per heavy atom. The van der Waals surface area contributed by atoms with E-state index in [2.05, 4.69) is 27.6 Å². The third-order valence-electron chi connectivity index (χ3n) is 2.72. The Morgan fingerprint density at radius 2 is 2.00 bits per heavy atom. The van der Waals surface area contributed by atoms with Gasteiger partial charge in [0.1, 0.15) is 6.61 Å². The van der Waals surface area contributed by atoms with Crippen molar-refractivity contribution in [1.82, 2.24) is 4.98 Å². The molecule has 0 aliphatic rings. The van der Waals surface area contributed by atoms with E-state index in [1.54, 1.807) is 11.1 Å². The SMILES string of the molecule is CC(C)(C)N(C(=O)OCc1ccccc1)c1ncc(I)s1. The molecule has 0 unspecified atom stereocenters. The van der Waals surface area contributed by atoms with Gasteiger partial charge in [-0.25, -0.2) is 14.7 Å². The minimum atomic E-state index is -0.394. The topological polar surface area (TPSA) is 42.4 Å². The largest absolute Gasteiger partial charge is 0.444 e. The molecule has 0 radical (unpaired) electrons. The summed E-state index contributed by atoms with van der Waals surface area (Å²) in [6.45, 7) is 6.15. The number of rotatable bonds is 3. The Bertz CT molecular complexity index is 608. The molecule has 0 fully saturated rings. The zero-order valence-electron chi connectivity index (χ0n) is 12.2. The maximum atomic E-state index is 12.4. The summed E-state index contributed by atoms with van der Waals surface area (Å²) in [4.78, 5) is 18.3. The fourth-order valence-corrected chi connectivity index (χ4v) is 3.33. The lowest BCUT2D eigenvalue weighted by Gasteiger charge is -2.32. The molecule has 1 aromatic carbocycles. The van der Waals surface area contributed by atoms with Crippen molar-refractivity contribution in [2.24, 2.45) is 0 Å². The van der Waals surface area contributed by atoms with Crippen molar-refractivity contribution < 1.29 is 9.53 Å². The van der Waals surface area contributed by atoms with Gasteiger partial charge < -0.3 is 4.74 Å². The molecule has 1 heterocycles. The Labute approximate surface area is 142 Å². The van der Waals surface area contributed by atoms with E-state index >= 15 is 0 Å². The number of carbonyl (C=O) groups is 1. The van der Waals surface area contributed by atoms with Crippen molar-refractivity contribution in [3.05, 3.63) is 45.0 Å². The van der Waals surface area contributed by atoms with Gasteiger partial charge >= 0.3 is 6.09 Å². The number of anilines is 1. The second-order valence-electron chi connectivity index (χ2n) is 5.49. The van der Waals surface area contributed by atoms with Gasteiger partial charge in [0.2, 0.25) is 0 Å². The molecule has 0 aliphatic carbocycles. The average molecular weight is 416 g/mol. The molecule has 2 aromatic rings. The fourth-order valence-electron chi connectivity index (χ4n) is 1.77. The van der Waals surface area contributed by atoms with Crippen molar-refractivity contribution in [3.8, 4) is 0 Å². The molecule has 4 nitrogen and oxygen atoms in total. The number of amides is 1. The van der Waals surface area contributed by atoms with Crippen LogP contribution in [0.4, 0.5) is 9.93 Å². The summed E-state index contributed by atoms with van der Waals surface area (Å²) in [5.74, 6) is 0. The highest BCUT2D eigenvalue weighted by Crippen LogP contribution is 2.30. The van der Waals surface area contributed by atoms with E-state index in [0.29, 0.717) is 5.13 Å². The Morgan fingerprint density at radius 1 is 1.33 bits per heavy atom. The number of hydrogen-bond donors (Lipinski definition) is 0. The lowest BCUT2D eigenvalue weighted by molar-refractivity contribution is 0.141. The second kappa shape index (κ2) is 6.74. The summed E-state index contributed by atoms with van der Waals surface area (Å²) in [5, 5.41) is 0.657. The number of carbonyl (C=O) groups excluding carboxylic acids is 1. The van der Waals surface area contributed by atoms with Crippen LogP contribution < -0.4 is 4.90 Å². The minimum Gasteiger partial charge on any atom is -0.444 e. The molecular formula is C15H17IN2O2S. The molecule has 6 heteroatoms. The molecule has 1 aromatic heterocycles. The highest BCUT2D eigenvalue weighted by Gasteiger charge is 2.31. The maximum absolute atomic E-state index is 12.4. The zero-order valence-corrected chi connectivity index (χ0v) is 15.1. The predicted molar refractivity (Wildman–Crippen MR) is 93.7 cm³/mol. The van der Waals surface area contributed by atoms with Gasteiger partial charge in [-0.2, -0.15) is 0 Å². The number of ether oxygens (including phenoxy) is 1. The first-order valence-electron chi connectivity index (χ1n) is 6.50. The van der Waals surface area contributed by atoms with Crippen LogP contribution in [-0.2, 0) is 11.3 Å². The summed E-state index contributed by atoms with van der Waals surface area (Å²) in [6, 6.07) is 9.65. The van der Waals surface area contributed by atoms with E-state index < -0.39 is 5.54 Å². The van der Waals surface area contributed by atoms with Crippen LogP contribution in [0.15, 0.2) is 36.5 Å². The van der Waals surface area contributed by atoms with E-state index in [1.807, 2.05) is 51.1 Å². The summed E-state index contributed by atoms with van der Waals surface area (Å²) < 4.78 is 6.47. The van der Waals surface area contributed by atoms with Crippen LogP contribution in [0.25, 0.3) is 0 Å². The third kappa shape index (κ3) is 4.41. The standard InChI is InChI=1S/C15H17IN2O2S/c1-15(2,3)18(13-17-9-12(16)21-13)14(19)20-10-11-7-5-4-6-8-11/h4-9H,10H2,1-3H3. The van der Waals surface area contributed by atoms with E-state index in [0.717, 1.165) is 8.45 Å². The van der Waals surface area contributed by atoms with E-state index in [-0.39, 0.29) is 12.7 Å². The maximum Gasteiger partial charge on any atom is 0.416 e. The van der Waals surface area contributed by atoms with Gasteiger partial charge in [-0.05, 0) is 48.9 Å². The average Bonchev–Trinajstić information content (AvgIpc) is 2.82. The Balaban J connectivity index is 2.12. The number of nitrogens with zero attached hydrogens (tertiary/aromatic N) is 2. The molecule has 0 saturated carbocycles. The lowest BCUT2D eigenvalue weighted by Crippen LogP contribution is -2.46.